The van der Waals surface area contributed by atoms with Crippen LogP contribution in [0.2, 0.25) is 0 Å². The molecule has 0 bridgehead atoms. The highest BCUT2D eigenvalue weighted by Crippen LogP contribution is 2.31. The molecule has 1 heterocycles. The number of carbonyl (C=O) groups is 2. The van der Waals surface area contributed by atoms with Crippen LogP contribution in [0.4, 0.5) is 0 Å². The lowest BCUT2D eigenvalue weighted by atomic mass is 9.84. The lowest BCUT2D eigenvalue weighted by Crippen LogP contribution is -2.47. The number of likely N-dealkylation sites (N-methyl/N-ethyl adjacent to an activating group) is 1. The molecule has 0 aromatic carbocycles. The van der Waals surface area contributed by atoms with Crippen LogP contribution < -0.4 is 0 Å². The maximum atomic E-state index is 12.6. The third-order valence-corrected chi connectivity index (χ3v) is 5.60. The summed E-state index contributed by atoms with van der Waals surface area (Å²) >= 11 is 0. The van der Waals surface area contributed by atoms with Crippen molar-refractivity contribution in [3.8, 4) is 0 Å². The minimum absolute atomic E-state index is 0.0216. The van der Waals surface area contributed by atoms with Crippen molar-refractivity contribution in [3.63, 3.8) is 0 Å². The van der Waals surface area contributed by atoms with Gasteiger partial charge in [-0.05, 0) is 45.4 Å². The summed E-state index contributed by atoms with van der Waals surface area (Å²) in [6.45, 7) is 6.45. The van der Waals surface area contributed by atoms with Crippen LogP contribution in [-0.4, -0.2) is 61.9 Å². The van der Waals surface area contributed by atoms with Gasteiger partial charge in [0.25, 0.3) is 5.91 Å². The molecule has 1 saturated heterocycles. The SMILES string of the molecule is CC/C(C)=C/C1CC[C@@H](OC(C)C(=O)N(C)C2CCOC2=O)[C@H](OC)C1. The van der Waals surface area contributed by atoms with E-state index in [1.807, 2.05) is 0 Å². The highest BCUT2D eigenvalue weighted by Gasteiger charge is 2.37. The van der Waals surface area contributed by atoms with Gasteiger partial charge in [-0.3, -0.25) is 4.79 Å². The molecule has 2 aliphatic rings. The van der Waals surface area contributed by atoms with E-state index in [2.05, 4.69) is 19.9 Å². The van der Waals surface area contributed by atoms with Gasteiger partial charge in [-0.1, -0.05) is 18.6 Å². The van der Waals surface area contributed by atoms with Crippen molar-refractivity contribution in [3.05, 3.63) is 11.6 Å². The predicted molar refractivity (Wildman–Crippen MR) is 98.7 cm³/mol. The van der Waals surface area contributed by atoms with Gasteiger partial charge in [0.15, 0.2) is 0 Å². The van der Waals surface area contributed by atoms with E-state index < -0.39 is 12.1 Å². The zero-order valence-electron chi connectivity index (χ0n) is 16.7. The minimum atomic E-state index is -0.611. The topological polar surface area (TPSA) is 65.1 Å². The van der Waals surface area contributed by atoms with Crippen LogP contribution in [0, 0.1) is 5.92 Å². The summed E-state index contributed by atoms with van der Waals surface area (Å²) in [5.74, 6) is -0.0179. The van der Waals surface area contributed by atoms with Crippen molar-refractivity contribution in [2.45, 2.75) is 77.2 Å². The molecule has 1 amide bonds. The fourth-order valence-electron chi connectivity index (χ4n) is 3.81. The van der Waals surface area contributed by atoms with E-state index in [-0.39, 0.29) is 24.1 Å². The number of esters is 1. The molecular formula is C20H33NO5. The predicted octanol–water partition coefficient (Wildman–Crippen LogP) is 2.71. The number of hydrogen-bond donors (Lipinski definition) is 0. The number of nitrogens with zero attached hydrogens (tertiary/aromatic N) is 1. The summed E-state index contributed by atoms with van der Waals surface area (Å²) < 4.78 is 16.7. The molecule has 1 saturated carbocycles. The van der Waals surface area contributed by atoms with Gasteiger partial charge in [0.1, 0.15) is 12.1 Å². The number of allylic oxidation sites excluding steroid dienone is 2. The quantitative estimate of drug-likeness (QED) is 0.511. The van der Waals surface area contributed by atoms with E-state index in [1.165, 1.54) is 10.5 Å². The Bertz CT molecular complexity index is 532. The van der Waals surface area contributed by atoms with Crippen LogP contribution in [0.5, 0.6) is 0 Å². The molecule has 3 unspecified atom stereocenters. The normalized spacial score (nSPS) is 30.8. The first-order chi connectivity index (χ1) is 12.4. The monoisotopic (exact) mass is 367 g/mol. The Kier molecular flexibility index (Phi) is 7.65. The van der Waals surface area contributed by atoms with Gasteiger partial charge in [-0.2, -0.15) is 0 Å². The molecule has 0 aromatic rings. The fraction of sp³-hybridized carbons (Fsp3) is 0.800. The van der Waals surface area contributed by atoms with Gasteiger partial charge < -0.3 is 19.1 Å². The first kappa shape index (κ1) is 20.9. The summed E-state index contributed by atoms with van der Waals surface area (Å²) in [5.41, 5.74) is 1.40. The highest BCUT2D eigenvalue weighted by molar-refractivity contribution is 5.87. The van der Waals surface area contributed by atoms with Crippen molar-refractivity contribution in [1.82, 2.24) is 4.90 Å². The average molecular weight is 367 g/mol. The van der Waals surface area contributed by atoms with Crippen LogP contribution in [-0.2, 0) is 23.8 Å². The van der Waals surface area contributed by atoms with Crippen molar-refractivity contribution < 1.29 is 23.8 Å². The Morgan fingerprint density at radius 1 is 1.35 bits per heavy atom. The third-order valence-electron chi connectivity index (χ3n) is 5.60. The van der Waals surface area contributed by atoms with Crippen LogP contribution in [0.1, 0.15) is 52.9 Å². The molecule has 0 radical (unpaired) electrons. The first-order valence-corrected chi connectivity index (χ1v) is 9.66. The van der Waals surface area contributed by atoms with E-state index in [0.29, 0.717) is 18.9 Å². The fourth-order valence-corrected chi connectivity index (χ4v) is 3.81. The number of hydrogen-bond acceptors (Lipinski definition) is 5. The molecular weight excluding hydrogens is 334 g/mol. The molecule has 148 valence electrons. The lowest BCUT2D eigenvalue weighted by Gasteiger charge is -2.36. The summed E-state index contributed by atoms with van der Waals surface area (Å²) in [5, 5.41) is 0. The second-order valence-electron chi connectivity index (χ2n) is 7.45. The minimum Gasteiger partial charge on any atom is -0.464 e. The molecule has 6 heteroatoms. The maximum absolute atomic E-state index is 12.6. The van der Waals surface area contributed by atoms with Crippen molar-refractivity contribution in [1.29, 1.82) is 0 Å². The Balaban J connectivity index is 1.92. The zero-order chi connectivity index (χ0) is 19.3. The molecule has 2 fully saturated rings. The summed E-state index contributed by atoms with van der Waals surface area (Å²) in [7, 11) is 3.34. The number of amides is 1. The van der Waals surface area contributed by atoms with E-state index in [1.54, 1.807) is 21.1 Å². The molecule has 0 spiro atoms. The lowest BCUT2D eigenvalue weighted by molar-refractivity contribution is -0.160. The van der Waals surface area contributed by atoms with Crippen LogP contribution in [0.15, 0.2) is 11.6 Å². The smallest absolute Gasteiger partial charge is 0.328 e. The van der Waals surface area contributed by atoms with Gasteiger partial charge in [0.05, 0.1) is 18.8 Å². The standard InChI is InChI=1S/C20H33NO5/c1-6-13(2)11-15-7-8-17(18(12-15)24-5)26-14(3)19(22)21(4)16-9-10-25-20(16)23/h11,14-18H,6-10,12H2,1-5H3/b13-11+/t14?,15?,16?,17-,18-/m1/s1. The molecule has 1 aliphatic heterocycles. The molecule has 26 heavy (non-hydrogen) atoms. The molecule has 5 atom stereocenters. The van der Waals surface area contributed by atoms with E-state index >= 15 is 0 Å². The van der Waals surface area contributed by atoms with Crippen molar-refractivity contribution in [2.24, 2.45) is 5.92 Å². The van der Waals surface area contributed by atoms with Crippen LogP contribution >= 0.6 is 0 Å². The summed E-state index contributed by atoms with van der Waals surface area (Å²) in [6.07, 6.45) is 6.03. The Hall–Kier alpha value is -1.40. The zero-order valence-corrected chi connectivity index (χ0v) is 16.7. The van der Waals surface area contributed by atoms with Gasteiger partial charge >= 0.3 is 5.97 Å². The Morgan fingerprint density at radius 3 is 2.65 bits per heavy atom. The van der Waals surface area contributed by atoms with Crippen LogP contribution in [0.25, 0.3) is 0 Å². The second kappa shape index (κ2) is 9.51. The van der Waals surface area contributed by atoms with Crippen LogP contribution in [0.3, 0.4) is 0 Å². The second-order valence-corrected chi connectivity index (χ2v) is 7.45. The van der Waals surface area contributed by atoms with Crippen molar-refractivity contribution in [2.75, 3.05) is 20.8 Å². The number of carbonyl (C=O) groups excluding carboxylic acids is 2. The molecule has 6 nitrogen and oxygen atoms in total. The maximum Gasteiger partial charge on any atom is 0.328 e. The number of ether oxygens (including phenoxy) is 3. The number of methoxy groups -OCH3 is 1. The highest BCUT2D eigenvalue weighted by atomic mass is 16.5. The van der Waals surface area contributed by atoms with Gasteiger partial charge in [-0.15, -0.1) is 0 Å². The Labute approximate surface area is 156 Å². The largest absolute Gasteiger partial charge is 0.464 e. The third kappa shape index (κ3) is 5.07. The Morgan fingerprint density at radius 2 is 2.08 bits per heavy atom. The summed E-state index contributed by atoms with van der Waals surface area (Å²) in [6, 6.07) is -0.496. The van der Waals surface area contributed by atoms with Crippen molar-refractivity contribution >= 4 is 11.9 Å². The molecule has 0 aromatic heterocycles. The van der Waals surface area contributed by atoms with Gasteiger partial charge in [-0.25, -0.2) is 4.79 Å². The molecule has 0 N–H and O–H groups in total. The average Bonchev–Trinajstić information content (AvgIpc) is 3.07. The van der Waals surface area contributed by atoms with Gasteiger partial charge in [0, 0.05) is 20.6 Å². The number of rotatable bonds is 7. The van der Waals surface area contributed by atoms with E-state index in [4.69, 9.17) is 14.2 Å². The summed E-state index contributed by atoms with van der Waals surface area (Å²) in [4.78, 5) is 25.8. The van der Waals surface area contributed by atoms with E-state index in [9.17, 15) is 9.59 Å². The van der Waals surface area contributed by atoms with Gasteiger partial charge in [0.2, 0.25) is 0 Å². The first-order valence-electron chi connectivity index (χ1n) is 9.66. The molecule has 2 rings (SSSR count). The number of cyclic esters (lactones) is 1. The van der Waals surface area contributed by atoms with E-state index in [0.717, 1.165) is 25.7 Å². The molecule has 1 aliphatic carbocycles.